The molecule has 162 valence electrons. The summed E-state index contributed by atoms with van der Waals surface area (Å²) in [5, 5.41) is 18.9. The lowest BCUT2D eigenvalue weighted by Crippen LogP contribution is -2.02. The molecule has 0 aliphatic heterocycles. The summed E-state index contributed by atoms with van der Waals surface area (Å²) in [5.74, 6) is -1.70. The third-order valence-electron chi connectivity index (χ3n) is 4.93. The van der Waals surface area contributed by atoms with Gasteiger partial charge in [-0.2, -0.15) is 10.5 Å². The Morgan fingerprint density at radius 3 is 1.41 bits per heavy atom. The van der Waals surface area contributed by atoms with Crippen molar-refractivity contribution in [3.05, 3.63) is 82.4 Å². The topological polar surface area (TPSA) is 47.6 Å². The fraction of sp³-hybridized carbons (Fsp3) is 0.231. The van der Waals surface area contributed by atoms with Crippen LogP contribution in [0.2, 0.25) is 0 Å². The molecule has 0 atom stereocenters. The first-order valence-corrected chi connectivity index (χ1v) is 12.1. The van der Waals surface area contributed by atoms with Gasteiger partial charge in [-0.25, -0.2) is 8.78 Å². The average molecular weight is 465 g/mol. The molecule has 2 nitrogen and oxygen atoms in total. The van der Waals surface area contributed by atoms with Crippen LogP contribution < -0.4 is 0 Å². The molecule has 32 heavy (non-hydrogen) atoms. The zero-order valence-corrected chi connectivity index (χ0v) is 19.5. The van der Waals surface area contributed by atoms with E-state index in [9.17, 15) is 10.5 Å². The van der Waals surface area contributed by atoms with Crippen LogP contribution in [0.4, 0.5) is 8.78 Å². The quantitative estimate of drug-likeness (QED) is 0.340. The van der Waals surface area contributed by atoms with E-state index in [2.05, 4.69) is 13.8 Å². The molecule has 3 aromatic carbocycles. The van der Waals surface area contributed by atoms with Gasteiger partial charge in [0.25, 0.3) is 0 Å². The van der Waals surface area contributed by atoms with Crippen LogP contribution in [0.15, 0.2) is 68.1 Å². The number of benzene rings is 3. The molecule has 0 fully saturated rings. The van der Waals surface area contributed by atoms with Crippen molar-refractivity contribution in [1.29, 1.82) is 10.5 Å². The van der Waals surface area contributed by atoms with E-state index in [1.54, 1.807) is 12.1 Å². The minimum Gasteiger partial charge on any atom is -0.204 e. The van der Waals surface area contributed by atoms with Gasteiger partial charge in [0.2, 0.25) is 0 Å². The summed E-state index contributed by atoms with van der Waals surface area (Å²) in [5.41, 5.74) is 0.966. The fourth-order valence-electron chi connectivity index (χ4n) is 3.42. The van der Waals surface area contributed by atoms with Crippen molar-refractivity contribution in [3.8, 4) is 12.1 Å². The summed E-state index contributed by atoms with van der Waals surface area (Å²) in [4.78, 5) is 1.70. The van der Waals surface area contributed by atoms with Crippen LogP contribution >= 0.6 is 23.5 Å². The maximum absolute atomic E-state index is 15.5. The summed E-state index contributed by atoms with van der Waals surface area (Å²) in [6, 6.07) is 18.6. The number of hydrogen-bond acceptors (Lipinski definition) is 4. The Hall–Kier alpha value is -2.80. The molecule has 0 amide bonds. The van der Waals surface area contributed by atoms with Crippen molar-refractivity contribution in [2.24, 2.45) is 0 Å². The van der Waals surface area contributed by atoms with Crippen LogP contribution in [0.5, 0.6) is 0 Å². The summed E-state index contributed by atoms with van der Waals surface area (Å²) in [6.07, 6.45) is 3.43. The lowest BCUT2D eigenvalue weighted by atomic mass is 10.1. The van der Waals surface area contributed by atoms with Gasteiger partial charge in [-0.1, -0.05) is 86.6 Å². The smallest absolute Gasteiger partial charge is 0.157 e. The first kappa shape index (κ1) is 23.9. The second kappa shape index (κ2) is 11.2. The number of rotatable bonds is 8. The molecule has 0 bridgehead atoms. The fourth-order valence-corrected chi connectivity index (χ4v) is 5.75. The van der Waals surface area contributed by atoms with Crippen LogP contribution in [0.3, 0.4) is 0 Å². The monoisotopic (exact) mass is 464 g/mol. The molecule has 0 aliphatic carbocycles. The molecule has 0 saturated carbocycles. The van der Waals surface area contributed by atoms with E-state index in [0.29, 0.717) is 0 Å². The molecule has 0 unspecified atom stereocenters. The van der Waals surface area contributed by atoms with E-state index < -0.39 is 22.8 Å². The van der Waals surface area contributed by atoms with Gasteiger partial charge >= 0.3 is 0 Å². The number of aryl methyl sites for hydroxylation is 2. The highest BCUT2D eigenvalue weighted by Crippen LogP contribution is 2.45. The molecule has 0 radical (unpaired) electrons. The van der Waals surface area contributed by atoms with Gasteiger partial charge in [-0.15, -0.1) is 0 Å². The maximum Gasteiger partial charge on any atom is 0.157 e. The molecule has 3 rings (SSSR count). The van der Waals surface area contributed by atoms with Crippen LogP contribution in [0, 0.1) is 34.3 Å². The largest absolute Gasteiger partial charge is 0.204 e. The lowest BCUT2D eigenvalue weighted by molar-refractivity contribution is 0.544. The minimum absolute atomic E-state index is 0.0397. The summed E-state index contributed by atoms with van der Waals surface area (Å²) >= 11 is 2.22. The highest BCUT2D eigenvalue weighted by atomic mass is 32.2. The zero-order chi connectivity index (χ0) is 23.1. The highest BCUT2D eigenvalue weighted by Gasteiger charge is 2.27. The highest BCUT2D eigenvalue weighted by molar-refractivity contribution is 8.02. The molecule has 0 heterocycles. The molecular formula is C26H22F2N2S2. The first-order chi connectivity index (χ1) is 15.5. The molecular weight excluding hydrogens is 442 g/mol. The van der Waals surface area contributed by atoms with Crippen LogP contribution in [-0.4, -0.2) is 0 Å². The van der Waals surface area contributed by atoms with Crippen molar-refractivity contribution >= 4 is 23.5 Å². The second-order valence-corrected chi connectivity index (χ2v) is 9.28. The summed E-state index contributed by atoms with van der Waals surface area (Å²) < 4.78 is 31.1. The maximum atomic E-state index is 15.5. The molecule has 0 aromatic heterocycles. The van der Waals surface area contributed by atoms with Crippen molar-refractivity contribution in [2.75, 3.05) is 0 Å². The number of nitrogens with zero attached hydrogens (tertiary/aromatic N) is 2. The molecule has 3 aromatic rings. The molecule has 6 heteroatoms. The predicted octanol–water partition coefficient (Wildman–Crippen LogP) is 7.92. The minimum atomic E-state index is -0.850. The average Bonchev–Trinajstić information content (AvgIpc) is 2.80. The van der Waals surface area contributed by atoms with Gasteiger partial charge in [0.05, 0.1) is 9.79 Å². The van der Waals surface area contributed by atoms with E-state index in [-0.39, 0.29) is 9.79 Å². The standard InChI is InChI=1S/C26H22F2N2S2/c1-3-9-17-11-5-7-13-21(17)31-25-23(27)19(15-29)20(16-30)24(28)26(25)32-22-14-8-6-12-18(22)10-4-2/h5-8,11-14H,3-4,9-10H2,1-2H3. The summed E-state index contributed by atoms with van der Waals surface area (Å²) in [6.45, 7) is 4.12. The van der Waals surface area contributed by atoms with Gasteiger partial charge in [-0.05, 0) is 36.1 Å². The normalized spacial score (nSPS) is 10.6. The van der Waals surface area contributed by atoms with E-state index >= 15 is 8.78 Å². The molecule has 0 spiro atoms. The second-order valence-electron chi connectivity index (χ2n) is 7.18. The zero-order valence-electron chi connectivity index (χ0n) is 17.9. The van der Waals surface area contributed by atoms with Crippen molar-refractivity contribution < 1.29 is 8.78 Å². The van der Waals surface area contributed by atoms with E-state index in [0.717, 1.165) is 70.1 Å². The third-order valence-corrected chi connectivity index (χ3v) is 7.47. The first-order valence-electron chi connectivity index (χ1n) is 10.4. The van der Waals surface area contributed by atoms with Crippen LogP contribution in [-0.2, 0) is 12.8 Å². The molecule has 0 N–H and O–H groups in total. The Kier molecular flexibility index (Phi) is 8.33. The van der Waals surface area contributed by atoms with E-state index in [1.807, 2.05) is 48.5 Å². The van der Waals surface area contributed by atoms with Crippen LogP contribution in [0.25, 0.3) is 0 Å². The summed E-state index contributed by atoms with van der Waals surface area (Å²) in [7, 11) is 0. The van der Waals surface area contributed by atoms with Gasteiger partial charge in [0, 0.05) is 9.79 Å². The van der Waals surface area contributed by atoms with Gasteiger partial charge in [-0.3, -0.25) is 0 Å². The number of hydrogen-bond donors (Lipinski definition) is 0. The predicted molar refractivity (Wildman–Crippen MR) is 125 cm³/mol. The third kappa shape index (κ3) is 4.99. The Balaban J connectivity index is 2.22. The lowest BCUT2D eigenvalue weighted by Gasteiger charge is -2.17. The van der Waals surface area contributed by atoms with Crippen LogP contribution in [0.1, 0.15) is 48.9 Å². The van der Waals surface area contributed by atoms with Crippen molar-refractivity contribution in [3.63, 3.8) is 0 Å². The van der Waals surface area contributed by atoms with Crippen molar-refractivity contribution in [1.82, 2.24) is 0 Å². The van der Waals surface area contributed by atoms with Crippen molar-refractivity contribution in [2.45, 2.75) is 59.1 Å². The van der Waals surface area contributed by atoms with E-state index in [4.69, 9.17) is 0 Å². The number of halogens is 2. The van der Waals surface area contributed by atoms with Gasteiger partial charge in [0.15, 0.2) is 11.6 Å². The Bertz CT molecular complexity index is 1120. The Labute approximate surface area is 196 Å². The number of nitriles is 2. The van der Waals surface area contributed by atoms with Gasteiger partial charge in [0.1, 0.15) is 23.3 Å². The molecule has 0 saturated heterocycles. The van der Waals surface area contributed by atoms with E-state index in [1.165, 1.54) is 0 Å². The SMILES string of the molecule is CCCc1ccccc1Sc1c(F)c(C#N)c(C#N)c(F)c1Sc1ccccc1CCC. The van der Waals surface area contributed by atoms with Gasteiger partial charge < -0.3 is 0 Å². The Morgan fingerprint density at radius 2 is 1.06 bits per heavy atom. The molecule has 0 aliphatic rings. The Morgan fingerprint density at radius 1 is 0.688 bits per heavy atom.